The summed E-state index contributed by atoms with van der Waals surface area (Å²) in [5.74, 6) is -0.566. The van der Waals surface area contributed by atoms with E-state index in [2.05, 4.69) is 5.32 Å². The highest BCUT2D eigenvalue weighted by Crippen LogP contribution is 2.42. The number of halogens is 4. The van der Waals surface area contributed by atoms with E-state index in [1.54, 1.807) is 0 Å². The van der Waals surface area contributed by atoms with Gasteiger partial charge in [0.25, 0.3) is 5.91 Å². The van der Waals surface area contributed by atoms with Crippen molar-refractivity contribution in [2.24, 2.45) is 0 Å². The summed E-state index contributed by atoms with van der Waals surface area (Å²) in [6.45, 7) is 0.921. The lowest BCUT2D eigenvalue weighted by atomic mass is 9.95. The predicted molar refractivity (Wildman–Crippen MR) is 71.3 cm³/mol. The van der Waals surface area contributed by atoms with Gasteiger partial charge >= 0.3 is 6.18 Å². The summed E-state index contributed by atoms with van der Waals surface area (Å²) in [6, 6.07) is 1.99. The van der Waals surface area contributed by atoms with Crippen molar-refractivity contribution in [2.75, 3.05) is 19.6 Å². The maximum absolute atomic E-state index is 13.1. The first-order valence-electron chi connectivity index (χ1n) is 6.30. The predicted octanol–water partition coefficient (Wildman–Crippen LogP) is 1.72. The smallest absolute Gasteiger partial charge is 0.392 e. The number of piperazine rings is 1. The van der Waals surface area contributed by atoms with Gasteiger partial charge in [-0.05, 0) is 17.2 Å². The van der Waals surface area contributed by atoms with E-state index >= 15 is 0 Å². The molecule has 8 heteroatoms. The van der Waals surface area contributed by atoms with Crippen molar-refractivity contribution in [3.05, 3.63) is 34.4 Å². The Kier molecular flexibility index (Phi) is 4.19. The number of carbonyl (C=O) groups excluding carboxylic acids is 1. The lowest BCUT2D eigenvalue weighted by Gasteiger charge is -2.30. The van der Waals surface area contributed by atoms with Gasteiger partial charge in [-0.15, -0.1) is 12.4 Å². The van der Waals surface area contributed by atoms with Crippen LogP contribution in [0.1, 0.15) is 33.1 Å². The van der Waals surface area contributed by atoms with Crippen LogP contribution in [-0.2, 0) is 12.8 Å². The van der Waals surface area contributed by atoms with E-state index in [9.17, 15) is 18.0 Å². The number of aliphatic hydroxyl groups is 1. The molecule has 0 bridgehead atoms. The zero-order valence-electron chi connectivity index (χ0n) is 10.9. The van der Waals surface area contributed by atoms with Crippen LogP contribution in [0.3, 0.4) is 0 Å². The third-order valence-corrected chi connectivity index (χ3v) is 3.79. The maximum atomic E-state index is 13.1. The van der Waals surface area contributed by atoms with Crippen LogP contribution in [0.15, 0.2) is 12.1 Å². The van der Waals surface area contributed by atoms with Crippen molar-refractivity contribution in [1.29, 1.82) is 0 Å². The van der Waals surface area contributed by atoms with Crippen LogP contribution in [0.4, 0.5) is 13.2 Å². The minimum atomic E-state index is -4.60. The van der Waals surface area contributed by atoms with Gasteiger partial charge in [-0.25, -0.2) is 0 Å². The highest BCUT2D eigenvalue weighted by Gasteiger charge is 2.45. The second kappa shape index (κ2) is 5.47. The number of benzene rings is 1. The van der Waals surface area contributed by atoms with E-state index in [1.807, 2.05) is 0 Å². The minimum Gasteiger partial charge on any atom is -0.392 e. The molecule has 0 radical (unpaired) electrons. The number of alkyl halides is 3. The molecular weight excluding hydrogens is 309 g/mol. The summed E-state index contributed by atoms with van der Waals surface area (Å²) in [4.78, 5) is 13.7. The molecule has 2 heterocycles. The first-order valence-corrected chi connectivity index (χ1v) is 6.30. The average Bonchev–Trinajstić information content (AvgIpc) is 2.71. The third-order valence-electron chi connectivity index (χ3n) is 3.79. The van der Waals surface area contributed by atoms with Crippen molar-refractivity contribution < 1.29 is 23.1 Å². The van der Waals surface area contributed by atoms with E-state index in [-0.39, 0.29) is 29.6 Å². The number of nitrogens with one attached hydrogen (secondary N) is 1. The largest absolute Gasteiger partial charge is 0.417 e. The standard InChI is InChI=1S/C13H13F3N2O2.ClH/c14-13(15,16)9-4-7(6-19)3-8-10-5-17-1-2-18(10)12(20)11(8)9;/h3-4,10,17,19H,1-2,5-6H2;1H/t10-;/m0./s1. The van der Waals surface area contributed by atoms with Crippen molar-refractivity contribution in [1.82, 2.24) is 10.2 Å². The average molecular weight is 323 g/mol. The molecule has 1 aromatic rings. The number of hydrogen-bond acceptors (Lipinski definition) is 3. The molecule has 0 unspecified atom stereocenters. The van der Waals surface area contributed by atoms with Crippen molar-refractivity contribution in [3.63, 3.8) is 0 Å². The molecule has 2 N–H and O–H groups in total. The highest BCUT2D eigenvalue weighted by atomic mass is 35.5. The summed E-state index contributed by atoms with van der Waals surface area (Å²) in [7, 11) is 0. The zero-order chi connectivity index (χ0) is 14.5. The van der Waals surface area contributed by atoms with Crippen LogP contribution in [-0.4, -0.2) is 35.5 Å². The quantitative estimate of drug-likeness (QED) is 0.828. The van der Waals surface area contributed by atoms with Gasteiger partial charge in [-0.1, -0.05) is 6.07 Å². The Morgan fingerprint density at radius 2 is 2.10 bits per heavy atom. The number of amides is 1. The fourth-order valence-corrected chi connectivity index (χ4v) is 2.91. The first-order chi connectivity index (χ1) is 9.43. The van der Waals surface area contributed by atoms with Gasteiger partial charge in [0.1, 0.15) is 0 Å². The summed E-state index contributed by atoms with van der Waals surface area (Å²) >= 11 is 0. The van der Waals surface area contributed by atoms with E-state index in [4.69, 9.17) is 5.11 Å². The van der Waals surface area contributed by atoms with Gasteiger partial charge < -0.3 is 15.3 Å². The van der Waals surface area contributed by atoms with E-state index in [1.165, 1.54) is 11.0 Å². The Morgan fingerprint density at radius 3 is 2.71 bits per heavy atom. The lowest BCUT2D eigenvalue weighted by Crippen LogP contribution is -2.44. The maximum Gasteiger partial charge on any atom is 0.417 e. The van der Waals surface area contributed by atoms with E-state index < -0.39 is 24.3 Å². The van der Waals surface area contributed by atoms with Gasteiger partial charge in [-0.3, -0.25) is 4.79 Å². The summed E-state index contributed by atoms with van der Waals surface area (Å²) in [6.07, 6.45) is -4.60. The Balaban J connectivity index is 0.00000161. The Bertz CT molecular complexity index is 577. The molecule has 4 nitrogen and oxygen atoms in total. The normalized spacial score (nSPS) is 20.9. The fourth-order valence-electron chi connectivity index (χ4n) is 2.91. The molecule has 1 amide bonds. The summed E-state index contributed by atoms with van der Waals surface area (Å²) in [5, 5.41) is 12.2. The first kappa shape index (κ1) is 16.1. The number of hydrogen-bond donors (Lipinski definition) is 2. The van der Waals surface area contributed by atoms with Crippen LogP contribution in [0.25, 0.3) is 0 Å². The van der Waals surface area contributed by atoms with Gasteiger partial charge in [0, 0.05) is 19.6 Å². The molecular formula is C13H14ClF3N2O2. The number of rotatable bonds is 1. The molecule has 2 aliphatic rings. The van der Waals surface area contributed by atoms with Gasteiger partial charge in [0.15, 0.2) is 0 Å². The Morgan fingerprint density at radius 1 is 1.38 bits per heavy atom. The van der Waals surface area contributed by atoms with Crippen molar-refractivity contribution in [2.45, 2.75) is 18.8 Å². The minimum absolute atomic E-state index is 0. The van der Waals surface area contributed by atoms with Crippen LogP contribution >= 0.6 is 12.4 Å². The second-order valence-corrected chi connectivity index (χ2v) is 4.98. The summed E-state index contributed by atoms with van der Waals surface area (Å²) in [5.41, 5.74) is -0.667. The van der Waals surface area contributed by atoms with E-state index in [0.29, 0.717) is 25.2 Å². The summed E-state index contributed by atoms with van der Waals surface area (Å²) < 4.78 is 39.4. The molecule has 1 saturated heterocycles. The number of fused-ring (bicyclic) bond motifs is 3. The van der Waals surface area contributed by atoms with Crippen LogP contribution in [0.5, 0.6) is 0 Å². The number of carbonyl (C=O) groups is 1. The van der Waals surface area contributed by atoms with Crippen molar-refractivity contribution >= 4 is 18.3 Å². The second-order valence-electron chi connectivity index (χ2n) is 4.98. The van der Waals surface area contributed by atoms with Gasteiger partial charge in [-0.2, -0.15) is 13.2 Å². The molecule has 3 rings (SSSR count). The molecule has 0 aliphatic carbocycles. The molecule has 1 fully saturated rings. The molecule has 0 saturated carbocycles. The van der Waals surface area contributed by atoms with Crippen LogP contribution in [0.2, 0.25) is 0 Å². The Hall–Kier alpha value is -1.31. The van der Waals surface area contributed by atoms with Crippen LogP contribution in [0, 0.1) is 0 Å². The van der Waals surface area contributed by atoms with Crippen molar-refractivity contribution in [3.8, 4) is 0 Å². The van der Waals surface area contributed by atoms with Gasteiger partial charge in [0.05, 0.1) is 23.8 Å². The lowest BCUT2D eigenvalue weighted by molar-refractivity contribution is -0.138. The highest BCUT2D eigenvalue weighted by molar-refractivity contribution is 6.01. The molecule has 2 aliphatic heterocycles. The molecule has 1 aromatic carbocycles. The Labute approximate surface area is 125 Å². The molecule has 0 aromatic heterocycles. The number of nitrogens with zero attached hydrogens (tertiary/aromatic N) is 1. The monoisotopic (exact) mass is 322 g/mol. The topological polar surface area (TPSA) is 52.6 Å². The fraction of sp³-hybridized carbons (Fsp3) is 0.462. The molecule has 1 atom stereocenters. The zero-order valence-corrected chi connectivity index (χ0v) is 11.7. The third kappa shape index (κ3) is 2.49. The number of aliphatic hydroxyl groups excluding tert-OH is 1. The van der Waals surface area contributed by atoms with Crippen LogP contribution < -0.4 is 5.32 Å². The SMILES string of the molecule is Cl.O=C1c2c(cc(CO)cc2C(F)(F)F)[C@@H]2CNCCN12. The molecule has 21 heavy (non-hydrogen) atoms. The van der Waals surface area contributed by atoms with Gasteiger partial charge in [0.2, 0.25) is 0 Å². The van der Waals surface area contributed by atoms with E-state index in [0.717, 1.165) is 6.07 Å². The molecule has 0 spiro atoms. The molecule has 116 valence electrons.